The van der Waals surface area contributed by atoms with Crippen molar-refractivity contribution < 1.29 is 0 Å². The number of hydrogen-bond donors (Lipinski definition) is 0. The molecular weight excluding hydrogens is 284 g/mol. The van der Waals surface area contributed by atoms with Crippen molar-refractivity contribution in [1.29, 1.82) is 5.26 Å². The zero-order valence-corrected chi connectivity index (χ0v) is 13.3. The van der Waals surface area contributed by atoms with Gasteiger partial charge in [-0.15, -0.1) is 0 Å². The highest BCUT2D eigenvalue weighted by Crippen LogP contribution is 2.30. The molecule has 0 atom stereocenters. The van der Waals surface area contributed by atoms with Crippen LogP contribution in [0, 0.1) is 11.3 Å². The second-order valence-electron chi connectivity index (χ2n) is 6.79. The number of nitriles is 1. The van der Waals surface area contributed by atoms with Gasteiger partial charge in [-0.05, 0) is 30.3 Å². The van der Waals surface area contributed by atoms with Crippen molar-refractivity contribution in [2.24, 2.45) is 0 Å². The Kier molecular flexibility index (Phi) is 2.70. The highest BCUT2D eigenvalue weighted by atomic mass is 15.1. The van der Waals surface area contributed by atoms with E-state index in [4.69, 9.17) is 15.2 Å². The van der Waals surface area contributed by atoms with Crippen LogP contribution < -0.4 is 0 Å². The Morgan fingerprint density at radius 2 is 1.78 bits per heavy atom. The Morgan fingerprint density at radius 3 is 2.52 bits per heavy atom. The van der Waals surface area contributed by atoms with E-state index < -0.39 is 0 Å². The molecule has 0 fully saturated rings. The van der Waals surface area contributed by atoms with Gasteiger partial charge in [-0.2, -0.15) is 5.26 Å². The van der Waals surface area contributed by atoms with Crippen molar-refractivity contribution in [3.8, 4) is 6.07 Å². The SMILES string of the molecule is CC(C)(C)c1nc2cc(C#N)ccc2c2nc3ccccc3n12. The minimum Gasteiger partial charge on any atom is -0.279 e. The number of para-hydroxylation sites is 2. The van der Waals surface area contributed by atoms with E-state index in [0.717, 1.165) is 33.4 Å². The molecule has 0 bridgehead atoms. The van der Waals surface area contributed by atoms with Gasteiger partial charge in [-0.3, -0.25) is 4.40 Å². The molecule has 0 saturated carbocycles. The van der Waals surface area contributed by atoms with Crippen molar-refractivity contribution in [3.63, 3.8) is 0 Å². The first-order valence-corrected chi connectivity index (χ1v) is 7.60. The Hall–Kier alpha value is -2.93. The number of aromatic nitrogens is 3. The molecular formula is C19H16N4. The molecule has 0 aliphatic rings. The Labute approximate surface area is 134 Å². The van der Waals surface area contributed by atoms with Crippen LogP contribution in [0.1, 0.15) is 32.2 Å². The van der Waals surface area contributed by atoms with Crippen molar-refractivity contribution in [3.05, 3.63) is 53.9 Å². The minimum absolute atomic E-state index is 0.140. The summed E-state index contributed by atoms with van der Waals surface area (Å²) in [6, 6.07) is 15.9. The summed E-state index contributed by atoms with van der Waals surface area (Å²) in [4.78, 5) is 9.69. The van der Waals surface area contributed by atoms with Gasteiger partial charge < -0.3 is 0 Å². The molecule has 23 heavy (non-hydrogen) atoms. The molecule has 4 nitrogen and oxygen atoms in total. The van der Waals surface area contributed by atoms with Gasteiger partial charge >= 0.3 is 0 Å². The zero-order valence-electron chi connectivity index (χ0n) is 13.3. The third-order valence-electron chi connectivity index (χ3n) is 4.04. The molecule has 0 saturated heterocycles. The number of fused-ring (bicyclic) bond motifs is 5. The van der Waals surface area contributed by atoms with E-state index in [1.54, 1.807) is 0 Å². The normalized spacial score (nSPS) is 12.1. The average molecular weight is 300 g/mol. The summed E-state index contributed by atoms with van der Waals surface area (Å²) < 4.78 is 2.14. The lowest BCUT2D eigenvalue weighted by molar-refractivity contribution is 0.542. The largest absolute Gasteiger partial charge is 0.279 e. The third kappa shape index (κ3) is 1.97. The fourth-order valence-electron chi connectivity index (χ4n) is 2.97. The fourth-order valence-corrected chi connectivity index (χ4v) is 2.97. The molecule has 112 valence electrons. The van der Waals surface area contributed by atoms with Gasteiger partial charge in [0.1, 0.15) is 11.5 Å². The summed E-state index contributed by atoms with van der Waals surface area (Å²) in [6.07, 6.45) is 0. The van der Waals surface area contributed by atoms with E-state index in [2.05, 4.69) is 37.3 Å². The molecule has 0 unspecified atom stereocenters. The van der Waals surface area contributed by atoms with Gasteiger partial charge in [0.15, 0.2) is 0 Å². The maximum atomic E-state index is 9.16. The molecule has 0 N–H and O–H groups in total. The minimum atomic E-state index is -0.140. The summed E-state index contributed by atoms with van der Waals surface area (Å²) >= 11 is 0. The van der Waals surface area contributed by atoms with Crippen LogP contribution in [0.2, 0.25) is 0 Å². The monoisotopic (exact) mass is 300 g/mol. The average Bonchev–Trinajstić information content (AvgIpc) is 2.92. The van der Waals surface area contributed by atoms with Crippen LogP contribution in [-0.4, -0.2) is 14.4 Å². The molecule has 4 aromatic rings. The number of imidazole rings is 1. The van der Waals surface area contributed by atoms with Gasteiger partial charge in [-0.1, -0.05) is 32.9 Å². The second kappa shape index (κ2) is 4.53. The zero-order chi connectivity index (χ0) is 16.2. The van der Waals surface area contributed by atoms with Gasteiger partial charge in [0.2, 0.25) is 0 Å². The van der Waals surface area contributed by atoms with Crippen molar-refractivity contribution in [2.45, 2.75) is 26.2 Å². The topological polar surface area (TPSA) is 54.0 Å². The van der Waals surface area contributed by atoms with Gasteiger partial charge in [0.25, 0.3) is 0 Å². The number of hydrogen-bond acceptors (Lipinski definition) is 3. The smallest absolute Gasteiger partial charge is 0.148 e. The molecule has 4 heteroatoms. The molecule has 0 spiro atoms. The first kappa shape index (κ1) is 13.7. The van der Waals surface area contributed by atoms with Crippen molar-refractivity contribution >= 4 is 27.6 Å². The molecule has 0 amide bonds. The van der Waals surface area contributed by atoms with Crippen LogP contribution in [0.5, 0.6) is 0 Å². The van der Waals surface area contributed by atoms with E-state index in [-0.39, 0.29) is 5.41 Å². The Bertz CT molecular complexity index is 1110. The lowest BCUT2D eigenvalue weighted by Crippen LogP contribution is -2.19. The highest BCUT2D eigenvalue weighted by Gasteiger charge is 2.23. The lowest BCUT2D eigenvalue weighted by atomic mass is 9.95. The second-order valence-corrected chi connectivity index (χ2v) is 6.79. The van der Waals surface area contributed by atoms with Crippen LogP contribution in [-0.2, 0) is 5.41 Å². The summed E-state index contributed by atoms with van der Waals surface area (Å²) in [6.45, 7) is 6.43. The fraction of sp³-hybridized carbons (Fsp3) is 0.211. The number of rotatable bonds is 0. The van der Waals surface area contributed by atoms with Gasteiger partial charge in [-0.25, -0.2) is 9.97 Å². The van der Waals surface area contributed by atoms with E-state index in [1.165, 1.54) is 0 Å². The number of benzene rings is 2. The molecule has 2 aromatic heterocycles. The van der Waals surface area contributed by atoms with Crippen LogP contribution >= 0.6 is 0 Å². The van der Waals surface area contributed by atoms with Crippen molar-refractivity contribution in [1.82, 2.24) is 14.4 Å². The Balaban J connectivity index is 2.29. The van der Waals surface area contributed by atoms with Crippen molar-refractivity contribution in [2.75, 3.05) is 0 Å². The third-order valence-corrected chi connectivity index (χ3v) is 4.04. The predicted octanol–water partition coefficient (Wildman–Crippen LogP) is 4.20. The molecule has 2 aromatic carbocycles. The first-order chi connectivity index (χ1) is 11.0. The molecule has 0 radical (unpaired) electrons. The van der Waals surface area contributed by atoms with E-state index in [0.29, 0.717) is 5.56 Å². The first-order valence-electron chi connectivity index (χ1n) is 7.60. The van der Waals surface area contributed by atoms with E-state index in [1.807, 2.05) is 36.4 Å². The summed E-state index contributed by atoms with van der Waals surface area (Å²) in [5, 5.41) is 10.1. The Morgan fingerprint density at radius 1 is 1.00 bits per heavy atom. The summed E-state index contributed by atoms with van der Waals surface area (Å²) in [5.41, 5.74) is 4.20. The summed E-state index contributed by atoms with van der Waals surface area (Å²) in [5.74, 6) is 0.948. The van der Waals surface area contributed by atoms with Crippen LogP contribution in [0.3, 0.4) is 0 Å². The molecule has 2 heterocycles. The molecule has 0 aliphatic heterocycles. The molecule has 0 aliphatic carbocycles. The standard InChI is InChI=1S/C19H16N4/c1-19(2,3)18-22-15-10-12(11-20)8-9-13(15)17-21-14-6-4-5-7-16(14)23(17)18/h4-10H,1-3H3. The predicted molar refractivity (Wildman–Crippen MR) is 91.4 cm³/mol. The quantitative estimate of drug-likeness (QED) is 0.489. The van der Waals surface area contributed by atoms with E-state index >= 15 is 0 Å². The van der Waals surface area contributed by atoms with Gasteiger partial charge in [0, 0.05) is 10.8 Å². The van der Waals surface area contributed by atoms with Crippen LogP contribution in [0.25, 0.3) is 27.6 Å². The molecule has 4 rings (SSSR count). The van der Waals surface area contributed by atoms with Gasteiger partial charge in [0.05, 0.1) is 28.2 Å². The number of nitrogens with zero attached hydrogens (tertiary/aromatic N) is 4. The van der Waals surface area contributed by atoms with E-state index in [9.17, 15) is 0 Å². The lowest BCUT2D eigenvalue weighted by Gasteiger charge is -2.20. The maximum Gasteiger partial charge on any atom is 0.148 e. The maximum absolute atomic E-state index is 9.16. The highest BCUT2D eigenvalue weighted by molar-refractivity contribution is 5.97. The van der Waals surface area contributed by atoms with Crippen LogP contribution in [0.4, 0.5) is 0 Å². The summed E-state index contributed by atoms with van der Waals surface area (Å²) in [7, 11) is 0. The van der Waals surface area contributed by atoms with Crippen LogP contribution in [0.15, 0.2) is 42.5 Å².